The van der Waals surface area contributed by atoms with E-state index in [2.05, 4.69) is 20.0 Å². The number of hydrogen-bond donors (Lipinski definition) is 4. The number of benzene rings is 1. The van der Waals surface area contributed by atoms with Gasteiger partial charge in [0, 0.05) is 11.6 Å². The molecule has 0 amide bonds. The lowest BCUT2D eigenvalue weighted by atomic mass is 10.2. The van der Waals surface area contributed by atoms with Crippen LogP contribution in [-0.4, -0.2) is 44.3 Å². The molecule has 0 aliphatic carbocycles. The van der Waals surface area contributed by atoms with Crippen molar-refractivity contribution in [2.75, 3.05) is 7.11 Å². The van der Waals surface area contributed by atoms with Gasteiger partial charge in [0.2, 0.25) is 11.8 Å². The minimum Gasteiger partial charge on any atom is -0.497 e. The standard InChI is InChI=1S/C16H15N7O4/c1-7-9-5-8(27-2)3-4-11(9)20-15(19-7)23-14(17)18-6-10-12(24)21-16(26)22-13(10)25/h3-6H,1-2H3,(H2,17,19,20,23)(H3,21,22,24,25,26). The van der Waals surface area contributed by atoms with Crippen molar-refractivity contribution in [2.24, 2.45) is 15.7 Å². The number of H-pyrrole nitrogens is 2. The van der Waals surface area contributed by atoms with Gasteiger partial charge < -0.3 is 15.6 Å². The summed E-state index contributed by atoms with van der Waals surface area (Å²) >= 11 is 0. The second-order valence-electron chi connectivity index (χ2n) is 5.39. The second kappa shape index (κ2) is 7.07. The Hall–Kier alpha value is -4.02. The maximum atomic E-state index is 11.6. The predicted molar refractivity (Wildman–Crippen MR) is 99.1 cm³/mol. The summed E-state index contributed by atoms with van der Waals surface area (Å²) in [4.78, 5) is 42.9. The highest BCUT2D eigenvalue weighted by Gasteiger charge is 2.07. The smallest absolute Gasteiger partial charge is 0.328 e. The number of guanidine groups is 1. The van der Waals surface area contributed by atoms with Crippen LogP contribution in [0.1, 0.15) is 11.3 Å². The van der Waals surface area contributed by atoms with Crippen molar-refractivity contribution < 1.29 is 9.84 Å². The SMILES string of the molecule is COc1ccc2nc(N=C(N)N=Cc3c(O)[nH]c(=O)[nH]c3=O)nc(C)c2c1. The van der Waals surface area contributed by atoms with E-state index in [0.29, 0.717) is 17.0 Å². The van der Waals surface area contributed by atoms with Gasteiger partial charge >= 0.3 is 5.69 Å². The number of aromatic amines is 2. The van der Waals surface area contributed by atoms with Crippen LogP contribution in [0.25, 0.3) is 10.9 Å². The van der Waals surface area contributed by atoms with Crippen molar-refractivity contribution in [3.05, 3.63) is 50.3 Å². The first-order chi connectivity index (χ1) is 12.9. The van der Waals surface area contributed by atoms with Crippen molar-refractivity contribution in [1.29, 1.82) is 0 Å². The van der Waals surface area contributed by atoms with Crippen LogP contribution < -0.4 is 21.7 Å². The monoisotopic (exact) mass is 369 g/mol. The van der Waals surface area contributed by atoms with Crippen LogP contribution in [0.5, 0.6) is 11.6 Å². The van der Waals surface area contributed by atoms with E-state index >= 15 is 0 Å². The Morgan fingerprint density at radius 2 is 2.07 bits per heavy atom. The van der Waals surface area contributed by atoms with Crippen molar-refractivity contribution >= 4 is 29.0 Å². The second-order valence-corrected chi connectivity index (χ2v) is 5.39. The minimum atomic E-state index is -0.840. The van der Waals surface area contributed by atoms with Crippen LogP contribution in [0.4, 0.5) is 5.95 Å². The summed E-state index contributed by atoms with van der Waals surface area (Å²) in [6, 6.07) is 5.33. The number of hydrogen-bond acceptors (Lipinski definition) is 7. The quantitative estimate of drug-likeness (QED) is 0.374. The zero-order chi connectivity index (χ0) is 19.6. The number of methoxy groups -OCH3 is 1. The van der Waals surface area contributed by atoms with Crippen LogP contribution in [0, 0.1) is 6.92 Å². The summed E-state index contributed by atoms with van der Waals surface area (Å²) in [5.74, 6) is -0.112. The number of aryl methyl sites for hydroxylation is 1. The number of fused-ring (bicyclic) bond motifs is 1. The number of rotatable bonds is 3. The molecule has 27 heavy (non-hydrogen) atoms. The summed E-state index contributed by atoms with van der Waals surface area (Å²) < 4.78 is 5.18. The molecule has 0 unspecified atom stereocenters. The molecular formula is C16H15N7O4. The van der Waals surface area contributed by atoms with Crippen molar-refractivity contribution in [3.8, 4) is 11.6 Å². The number of nitrogens with zero attached hydrogens (tertiary/aromatic N) is 4. The first-order valence-electron chi connectivity index (χ1n) is 7.63. The van der Waals surface area contributed by atoms with Gasteiger partial charge in [-0.1, -0.05) is 0 Å². The van der Waals surface area contributed by atoms with E-state index in [0.717, 1.165) is 11.6 Å². The largest absolute Gasteiger partial charge is 0.497 e. The number of nitrogens with one attached hydrogen (secondary N) is 2. The lowest BCUT2D eigenvalue weighted by Crippen LogP contribution is -2.25. The Balaban J connectivity index is 1.94. The summed E-state index contributed by atoms with van der Waals surface area (Å²) in [6.07, 6.45) is 0.974. The summed E-state index contributed by atoms with van der Waals surface area (Å²) in [5.41, 5.74) is 5.10. The normalized spacial score (nSPS) is 12.0. The van der Waals surface area contributed by atoms with Gasteiger partial charge in [-0.25, -0.2) is 19.8 Å². The van der Waals surface area contributed by atoms with Gasteiger partial charge in [0.15, 0.2) is 0 Å². The first-order valence-corrected chi connectivity index (χ1v) is 7.63. The van der Waals surface area contributed by atoms with Gasteiger partial charge in [0.25, 0.3) is 11.5 Å². The molecule has 0 fully saturated rings. The highest BCUT2D eigenvalue weighted by molar-refractivity contribution is 5.94. The van der Waals surface area contributed by atoms with Gasteiger partial charge in [-0.2, -0.15) is 4.99 Å². The number of aliphatic imine (C=N–C) groups is 2. The third-order valence-electron chi connectivity index (χ3n) is 3.58. The topological polar surface area (TPSA) is 172 Å². The molecule has 138 valence electrons. The van der Waals surface area contributed by atoms with Crippen LogP contribution in [0.2, 0.25) is 0 Å². The Morgan fingerprint density at radius 1 is 1.30 bits per heavy atom. The van der Waals surface area contributed by atoms with Crippen molar-refractivity contribution in [2.45, 2.75) is 6.92 Å². The molecular weight excluding hydrogens is 354 g/mol. The Kier molecular flexibility index (Phi) is 4.66. The number of aromatic nitrogens is 4. The predicted octanol–water partition coefficient (Wildman–Crippen LogP) is 0.0943. The summed E-state index contributed by atoms with van der Waals surface area (Å²) in [7, 11) is 1.57. The molecule has 2 heterocycles. The van der Waals surface area contributed by atoms with E-state index < -0.39 is 17.1 Å². The van der Waals surface area contributed by atoms with Gasteiger partial charge in [-0.15, -0.1) is 0 Å². The van der Waals surface area contributed by atoms with Gasteiger partial charge in [0.1, 0.15) is 11.3 Å². The minimum absolute atomic E-state index is 0.0828. The van der Waals surface area contributed by atoms with Crippen LogP contribution in [-0.2, 0) is 0 Å². The van der Waals surface area contributed by atoms with E-state index in [4.69, 9.17) is 10.5 Å². The fourth-order valence-corrected chi connectivity index (χ4v) is 2.29. The highest BCUT2D eigenvalue weighted by atomic mass is 16.5. The van der Waals surface area contributed by atoms with Crippen LogP contribution in [0.15, 0.2) is 37.8 Å². The molecule has 11 nitrogen and oxygen atoms in total. The molecule has 5 N–H and O–H groups in total. The van der Waals surface area contributed by atoms with E-state index in [1.165, 1.54) is 0 Å². The molecule has 3 rings (SSSR count). The molecule has 0 spiro atoms. The van der Waals surface area contributed by atoms with E-state index in [-0.39, 0.29) is 17.5 Å². The average molecular weight is 369 g/mol. The van der Waals surface area contributed by atoms with Gasteiger partial charge in [-0.3, -0.25) is 14.8 Å². The Labute approximate surface area is 151 Å². The average Bonchev–Trinajstić information content (AvgIpc) is 2.60. The fraction of sp³-hybridized carbons (Fsp3) is 0.125. The number of aromatic hydroxyl groups is 1. The maximum Gasteiger partial charge on any atom is 0.328 e. The fourth-order valence-electron chi connectivity index (χ4n) is 2.29. The van der Waals surface area contributed by atoms with E-state index in [1.807, 2.05) is 16.0 Å². The van der Waals surface area contributed by atoms with Crippen LogP contribution >= 0.6 is 0 Å². The van der Waals surface area contributed by atoms with E-state index in [9.17, 15) is 14.7 Å². The van der Waals surface area contributed by atoms with Crippen LogP contribution in [0.3, 0.4) is 0 Å². The molecule has 0 aliphatic heterocycles. The first kappa shape index (κ1) is 17.8. The van der Waals surface area contributed by atoms with Gasteiger partial charge in [0.05, 0.1) is 18.3 Å². The lowest BCUT2D eigenvalue weighted by molar-refractivity contribution is 0.415. The van der Waals surface area contributed by atoms with Crippen molar-refractivity contribution in [1.82, 2.24) is 19.9 Å². The maximum absolute atomic E-state index is 11.6. The molecule has 11 heteroatoms. The molecule has 0 radical (unpaired) electrons. The molecule has 2 aromatic heterocycles. The zero-order valence-electron chi connectivity index (χ0n) is 14.3. The lowest BCUT2D eigenvalue weighted by Gasteiger charge is -2.05. The zero-order valence-corrected chi connectivity index (χ0v) is 14.3. The summed E-state index contributed by atoms with van der Waals surface area (Å²) in [6.45, 7) is 1.79. The summed E-state index contributed by atoms with van der Waals surface area (Å²) in [5, 5.41) is 10.4. The van der Waals surface area contributed by atoms with E-state index in [1.54, 1.807) is 26.2 Å². The molecule has 0 saturated carbocycles. The molecule has 3 aromatic rings. The highest BCUT2D eigenvalue weighted by Crippen LogP contribution is 2.23. The third kappa shape index (κ3) is 3.81. The Morgan fingerprint density at radius 3 is 2.78 bits per heavy atom. The van der Waals surface area contributed by atoms with Crippen molar-refractivity contribution in [3.63, 3.8) is 0 Å². The molecule has 0 saturated heterocycles. The number of nitrogens with two attached hydrogens (primary N) is 1. The third-order valence-corrected chi connectivity index (χ3v) is 3.58. The molecule has 0 aliphatic rings. The molecule has 0 bridgehead atoms. The van der Waals surface area contributed by atoms with Gasteiger partial charge in [-0.05, 0) is 25.1 Å². The molecule has 0 atom stereocenters. The number of ether oxygens (including phenoxy) is 1. The Bertz CT molecular complexity index is 1190. The molecule has 1 aromatic carbocycles.